The molecule has 0 spiro atoms. The Balaban J connectivity index is 1.62. The van der Waals surface area contributed by atoms with Crippen LogP contribution in [-0.2, 0) is 11.3 Å². The second kappa shape index (κ2) is 7.98. The number of halogens is 1. The van der Waals surface area contributed by atoms with Crippen LogP contribution in [0, 0.1) is 6.92 Å². The Morgan fingerprint density at radius 1 is 1.16 bits per heavy atom. The lowest BCUT2D eigenvalue weighted by molar-refractivity contribution is -0.118. The number of aryl methyl sites for hydroxylation is 1. The van der Waals surface area contributed by atoms with Gasteiger partial charge in [-0.15, -0.1) is 0 Å². The zero-order chi connectivity index (χ0) is 17.6. The molecule has 3 aromatic rings. The molecule has 25 heavy (non-hydrogen) atoms. The number of rotatable bonds is 6. The van der Waals surface area contributed by atoms with E-state index in [4.69, 9.17) is 4.74 Å². The van der Waals surface area contributed by atoms with Gasteiger partial charge in [0.05, 0.1) is 12.7 Å². The third-order valence-corrected chi connectivity index (χ3v) is 4.49. The smallest absolute Gasteiger partial charge is 0.263 e. The summed E-state index contributed by atoms with van der Waals surface area (Å²) < 4.78 is 8.32. The zero-order valence-electron chi connectivity index (χ0n) is 13.8. The van der Waals surface area contributed by atoms with E-state index >= 15 is 0 Å². The molecular weight excluding hydrogens is 382 g/mol. The number of benzene rings is 2. The van der Waals surface area contributed by atoms with Gasteiger partial charge in [-0.2, -0.15) is 5.10 Å². The van der Waals surface area contributed by atoms with Crippen molar-refractivity contribution in [3.05, 3.63) is 76.4 Å². The fourth-order valence-corrected chi connectivity index (χ4v) is 2.80. The third kappa shape index (κ3) is 4.48. The highest BCUT2D eigenvalue weighted by Crippen LogP contribution is 2.19. The summed E-state index contributed by atoms with van der Waals surface area (Å²) in [4.78, 5) is 12.2. The van der Waals surface area contributed by atoms with Crippen LogP contribution in [0.2, 0.25) is 0 Å². The lowest BCUT2D eigenvalue weighted by Crippen LogP contribution is -2.22. The summed E-state index contributed by atoms with van der Waals surface area (Å²) in [5.74, 6) is 1.12. The first-order chi connectivity index (χ1) is 12.1. The first kappa shape index (κ1) is 17.2. The summed E-state index contributed by atoms with van der Waals surface area (Å²) >= 11 is 3.53. The molecule has 0 aliphatic carbocycles. The summed E-state index contributed by atoms with van der Waals surface area (Å²) in [6, 6.07) is 17.3. The van der Waals surface area contributed by atoms with Gasteiger partial charge in [0.25, 0.3) is 5.91 Å². The molecule has 1 aromatic heterocycles. The molecule has 0 atom stereocenters. The standard InChI is InChI=1S/C19H18BrN3O2/c1-14-6-2-5-9-17(14)25-13-19(24)22-18-10-11-21-23(18)12-15-7-3-4-8-16(15)20/h2-11H,12-13H2,1H3,(H,22,24). The summed E-state index contributed by atoms with van der Waals surface area (Å²) in [7, 11) is 0. The molecule has 1 N–H and O–H groups in total. The van der Waals surface area contributed by atoms with Crippen molar-refractivity contribution in [3.63, 3.8) is 0 Å². The molecule has 3 rings (SSSR count). The van der Waals surface area contributed by atoms with Crippen molar-refractivity contribution in [3.8, 4) is 5.75 Å². The Hall–Kier alpha value is -2.60. The number of nitrogens with one attached hydrogen (secondary N) is 1. The lowest BCUT2D eigenvalue weighted by atomic mass is 10.2. The zero-order valence-corrected chi connectivity index (χ0v) is 15.4. The molecule has 0 unspecified atom stereocenters. The van der Waals surface area contributed by atoms with Crippen molar-refractivity contribution < 1.29 is 9.53 Å². The van der Waals surface area contributed by atoms with Crippen LogP contribution in [0.4, 0.5) is 5.82 Å². The van der Waals surface area contributed by atoms with Crippen molar-refractivity contribution in [2.24, 2.45) is 0 Å². The quantitative estimate of drug-likeness (QED) is 0.680. The summed E-state index contributed by atoms with van der Waals surface area (Å²) in [5.41, 5.74) is 2.08. The van der Waals surface area contributed by atoms with Gasteiger partial charge in [0, 0.05) is 10.5 Å². The average molecular weight is 400 g/mol. The number of carbonyl (C=O) groups excluding carboxylic acids is 1. The van der Waals surface area contributed by atoms with E-state index in [1.807, 2.05) is 55.5 Å². The van der Waals surface area contributed by atoms with Gasteiger partial charge in [0.2, 0.25) is 0 Å². The number of hydrogen-bond donors (Lipinski definition) is 1. The van der Waals surface area contributed by atoms with Crippen molar-refractivity contribution in [2.45, 2.75) is 13.5 Å². The molecule has 1 amide bonds. The third-order valence-electron chi connectivity index (χ3n) is 3.71. The number of amides is 1. The molecule has 5 nitrogen and oxygen atoms in total. The molecule has 1 heterocycles. The van der Waals surface area contributed by atoms with E-state index in [2.05, 4.69) is 26.3 Å². The summed E-state index contributed by atoms with van der Waals surface area (Å²) in [6.07, 6.45) is 1.66. The Morgan fingerprint density at radius 3 is 2.72 bits per heavy atom. The maximum absolute atomic E-state index is 12.2. The predicted molar refractivity (Wildman–Crippen MR) is 101 cm³/mol. The minimum atomic E-state index is -0.225. The Bertz CT molecular complexity index is 876. The number of aromatic nitrogens is 2. The van der Waals surface area contributed by atoms with Crippen LogP contribution in [0.5, 0.6) is 5.75 Å². The molecule has 0 radical (unpaired) electrons. The van der Waals surface area contributed by atoms with Gasteiger partial charge >= 0.3 is 0 Å². The highest BCUT2D eigenvalue weighted by molar-refractivity contribution is 9.10. The molecule has 0 saturated carbocycles. The lowest BCUT2D eigenvalue weighted by Gasteiger charge is -2.11. The fourth-order valence-electron chi connectivity index (χ4n) is 2.39. The molecule has 0 bridgehead atoms. The van der Waals surface area contributed by atoms with Crippen LogP contribution in [0.1, 0.15) is 11.1 Å². The van der Waals surface area contributed by atoms with Crippen LogP contribution in [0.25, 0.3) is 0 Å². The number of para-hydroxylation sites is 1. The number of nitrogens with zero attached hydrogens (tertiary/aromatic N) is 2. The van der Waals surface area contributed by atoms with Crippen molar-refractivity contribution >= 4 is 27.7 Å². The average Bonchev–Trinajstić information content (AvgIpc) is 3.03. The van der Waals surface area contributed by atoms with Crippen LogP contribution < -0.4 is 10.1 Å². The second-order valence-electron chi connectivity index (χ2n) is 5.57. The van der Waals surface area contributed by atoms with Gasteiger partial charge in [-0.3, -0.25) is 4.79 Å². The highest BCUT2D eigenvalue weighted by Gasteiger charge is 2.10. The highest BCUT2D eigenvalue weighted by atomic mass is 79.9. The maximum Gasteiger partial charge on any atom is 0.263 e. The van der Waals surface area contributed by atoms with Gasteiger partial charge in [0.15, 0.2) is 6.61 Å². The number of hydrogen-bond acceptors (Lipinski definition) is 3. The van der Waals surface area contributed by atoms with Gasteiger partial charge < -0.3 is 10.1 Å². The molecule has 128 valence electrons. The van der Waals surface area contributed by atoms with E-state index in [0.29, 0.717) is 18.1 Å². The second-order valence-corrected chi connectivity index (χ2v) is 6.42. The molecule has 6 heteroatoms. The summed E-state index contributed by atoms with van der Waals surface area (Å²) in [6.45, 7) is 2.45. The van der Waals surface area contributed by atoms with Crippen LogP contribution >= 0.6 is 15.9 Å². The van der Waals surface area contributed by atoms with Crippen molar-refractivity contribution in [1.29, 1.82) is 0 Å². The Labute approximate surface area is 154 Å². The van der Waals surface area contributed by atoms with Gasteiger partial charge in [0.1, 0.15) is 11.6 Å². The minimum absolute atomic E-state index is 0.0505. The Kier molecular flexibility index (Phi) is 5.50. The first-order valence-electron chi connectivity index (χ1n) is 7.87. The molecule has 0 fully saturated rings. The topological polar surface area (TPSA) is 56.1 Å². The largest absolute Gasteiger partial charge is 0.483 e. The van der Waals surface area contributed by atoms with Crippen LogP contribution in [0.15, 0.2) is 65.3 Å². The fraction of sp³-hybridized carbons (Fsp3) is 0.158. The number of ether oxygens (including phenoxy) is 1. The van der Waals surface area contributed by atoms with Gasteiger partial charge in [-0.1, -0.05) is 52.3 Å². The van der Waals surface area contributed by atoms with E-state index in [1.165, 1.54) is 0 Å². The van der Waals surface area contributed by atoms with E-state index < -0.39 is 0 Å². The molecule has 0 aliphatic rings. The van der Waals surface area contributed by atoms with Crippen molar-refractivity contribution in [2.75, 3.05) is 11.9 Å². The van der Waals surface area contributed by atoms with E-state index in [1.54, 1.807) is 16.9 Å². The SMILES string of the molecule is Cc1ccccc1OCC(=O)Nc1ccnn1Cc1ccccc1Br. The molecule has 2 aromatic carbocycles. The van der Waals surface area contributed by atoms with Gasteiger partial charge in [-0.05, 0) is 30.2 Å². The molecular formula is C19H18BrN3O2. The minimum Gasteiger partial charge on any atom is -0.483 e. The summed E-state index contributed by atoms with van der Waals surface area (Å²) in [5, 5.41) is 7.12. The maximum atomic E-state index is 12.2. The first-order valence-corrected chi connectivity index (χ1v) is 8.66. The van der Waals surface area contributed by atoms with Crippen LogP contribution in [-0.4, -0.2) is 22.3 Å². The molecule has 0 saturated heterocycles. The van der Waals surface area contributed by atoms with E-state index in [0.717, 1.165) is 15.6 Å². The normalized spacial score (nSPS) is 10.5. The Morgan fingerprint density at radius 2 is 1.92 bits per heavy atom. The van der Waals surface area contributed by atoms with E-state index in [-0.39, 0.29) is 12.5 Å². The van der Waals surface area contributed by atoms with Crippen molar-refractivity contribution in [1.82, 2.24) is 9.78 Å². The monoisotopic (exact) mass is 399 g/mol. The molecule has 0 aliphatic heterocycles. The van der Waals surface area contributed by atoms with E-state index in [9.17, 15) is 4.79 Å². The predicted octanol–water partition coefficient (Wildman–Crippen LogP) is 4.02. The number of carbonyl (C=O) groups is 1. The van der Waals surface area contributed by atoms with Gasteiger partial charge in [-0.25, -0.2) is 4.68 Å². The van der Waals surface area contributed by atoms with Crippen LogP contribution in [0.3, 0.4) is 0 Å². The number of anilines is 1.